The monoisotopic (exact) mass is 188 g/mol. The molecular weight excluding hydrogens is 180 g/mol. The van der Waals surface area contributed by atoms with Crippen LogP contribution in [0.4, 0.5) is 0 Å². The van der Waals surface area contributed by atoms with E-state index in [2.05, 4.69) is 0 Å². The van der Waals surface area contributed by atoms with Crippen LogP contribution in [0.2, 0.25) is 0 Å². The number of aliphatic carboxylic acids is 1. The van der Waals surface area contributed by atoms with Gasteiger partial charge in [-0.05, 0) is 11.6 Å². The highest BCUT2D eigenvalue weighted by Gasteiger charge is 2.52. The van der Waals surface area contributed by atoms with E-state index in [1.165, 1.54) is 0 Å². The molecule has 1 aromatic rings. The minimum atomic E-state index is -1.22. The summed E-state index contributed by atoms with van der Waals surface area (Å²) in [6, 6.07) is 7.45. The fourth-order valence-electron chi connectivity index (χ4n) is 2.14. The van der Waals surface area contributed by atoms with Crippen molar-refractivity contribution in [2.24, 2.45) is 0 Å². The van der Waals surface area contributed by atoms with E-state index in [9.17, 15) is 4.79 Å². The lowest BCUT2D eigenvalue weighted by atomic mass is 9.87. The van der Waals surface area contributed by atoms with Crippen molar-refractivity contribution in [3.05, 3.63) is 47.5 Å². The first-order chi connectivity index (χ1) is 6.74. The second-order valence-electron chi connectivity index (χ2n) is 3.53. The molecule has 1 N–H and O–H groups in total. The van der Waals surface area contributed by atoms with E-state index in [0.29, 0.717) is 0 Å². The number of carbonyl (C=O) groups is 1. The van der Waals surface area contributed by atoms with Gasteiger partial charge in [0.05, 0.1) is 0 Å². The first kappa shape index (κ1) is 7.76. The molecule has 2 heterocycles. The summed E-state index contributed by atoms with van der Waals surface area (Å²) in [5.74, 6) is -0.943. The van der Waals surface area contributed by atoms with Gasteiger partial charge in [0.25, 0.3) is 0 Å². The SMILES string of the molecule is O=C(O)[C@]12C=C[C@H](O1)c1ccccc12. The number of carboxylic acid groups (broad SMARTS) is 1. The Morgan fingerprint density at radius 2 is 2.21 bits per heavy atom. The molecule has 0 saturated heterocycles. The number of carboxylic acids is 1. The summed E-state index contributed by atoms with van der Waals surface area (Å²) in [6.45, 7) is 0. The van der Waals surface area contributed by atoms with Crippen LogP contribution in [0.1, 0.15) is 17.2 Å². The normalized spacial score (nSPS) is 31.9. The molecule has 3 heteroatoms. The number of hydrogen-bond acceptors (Lipinski definition) is 2. The number of hydrogen-bond donors (Lipinski definition) is 1. The maximum absolute atomic E-state index is 11.2. The Kier molecular flexibility index (Phi) is 1.25. The topological polar surface area (TPSA) is 46.5 Å². The minimum Gasteiger partial charge on any atom is -0.479 e. The summed E-state index contributed by atoms with van der Waals surface area (Å²) in [7, 11) is 0. The Labute approximate surface area is 80.6 Å². The zero-order valence-corrected chi connectivity index (χ0v) is 7.31. The third-order valence-electron chi connectivity index (χ3n) is 2.80. The van der Waals surface area contributed by atoms with Crippen molar-refractivity contribution in [3.8, 4) is 0 Å². The molecule has 0 fully saturated rings. The molecule has 2 aliphatic rings. The smallest absolute Gasteiger partial charge is 0.344 e. The van der Waals surface area contributed by atoms with Gasteiger partial charge in [-0.3, -0.25) is 0 Å². The predicted octanol–water partition coefficient (Wildman–Crippen LogP) is 1.61. The third kappa shape index (κ3) is 0.692. The average Bonchev–Trinajstić information content (AvgIpc) is 2.75. The van der Waals surface area contributed by atoms with Crippen LogP contribution in [-0.2, 0) is 15.1 Å². The largest absolute Gasteiger partial charge is 0.479 e. The van der Waals surface area contributed by atoms with Crippen LogP contribution in [0.5, 0.6) is 0 Å². The van der Waals surface area contributed by atoms with Gasteiger partial charge in [-0.15, -0.1) is 0 Å². The molecule has 3 rings (SSSR count). The lowest BCUT2D eigenvalue weighted by Gasteiger charge is -2.18. The summed E-state index contributed by atoms with van der Waals surface area (Å²) in [5.41, 5.74) is 0.513. The predicted molar refractivity (Wildman–Crippen MR) is 48.7 cm³/mol. The highest BCUT2D eigenvalue weighted by molar-refractivity contribution is 5.85. The van der Waals surface area contributed by atoms with Crippen molar-refractivity contribution >= 4 is 5.97 Å². The molecule has 2 aliphatic heterocycles. The molecule has 70 valence electrons. The first-order valence-corrected chi connectivity index (χ1v) is 4.44. The van der Waals surface area contributed by atoms with E-state index in [4.69, 9.17) is 9.84 Å². The molecule has 0 spiro atoms. The van der Waals surface area contributed by atoms with Crippen LogP contribution in [-0.4, -0.2) is 11.1 Å². The van der Waals surface area contributed by atoms with E-state index in [0.717, 1.165) is 11.1 Å². The van der Waals surface area contributed by atoms with Crippen molar-refractivity contribution in [3.63, 3.8) is 0 Å². The molecule has 1 aromatic carbocycles. The molecule has 0 aliphatic carbocycles. The maximum Gasteiger partial charge on any atom is 0.344 e. The quantitative estimate of drug-likeness (QED) is 0.681. The summed E-state index contributed by atoms with van der Waals surface area (Å²) in [6.07, 6.45) is 3.25. The second kappa shape index (κ2) is 2.25. The number of benzene rings is 1. The van der Waals surface area contributed by atoms with E-state index in [1.54, 1.807) is 12.2 Å². The van der Waals surface area contributed by atoms with Gasteiger partial charge in [-0.1, -0.05) is 30.3 Å². The van der Waals surface area contributed by atoms with Gasteiger partial charge in [0.1, 0.15) is 6.10 Å². The molecule has 3 nitrogen and oxygen atoms in total. The maximum atomic E-state index is 11.2. The van der Waals surface area contributed by atoms with Gasteiger partial charge < -0.3 is 9.84 Å². The van der Waals surface area contributed by atoms with Crippen molar-refractivity contribution in [2.45, 2.75) is 11.7 Å². The third-order valence-corrected chi connectivity index (χ3v) is 2.80. The molecule has 0 amide bonds. The van der Waals surface area contributed by atoms with E-state index >= 15 is 0 Å². The van der Waals surface area contributed by atoms with Gasteiger partial charge in [0, 0.05) is 5.56 Å². The Hall–Kier alpha value is -1.61. The summed E-state index contributed by atoms with van der Waals surface area (Å²) in [4.78, 5) is 11.2. The van der Waals surface area contributed by atoms with Gasteiger partial charge in [0.15, 0.2) is 0 Å². The molecule has 14 heavy (non-hydrogen) atoms. The average molecular weight is 188 g/mol. The minimum absolute atomic E-state index is 0.178. The second-order valence-corrected chi connectivity index (χ2v) is 3.53. The molecule has 2 atom stereocenters. The Morgan fingerprint density at radius 1 is 1.43 bits per heavy atom. The Balaban J connectivity index is 2.28. The number of rotatable bonds is 1. The van der Waals surface area contributed by atoms with Gasteiger partial charge in [-0.2, -0.15) is 0 Å². The summed E-state index contributed by atoms with van der Waals surface area (Å²) in [5, 5.41) is 9.16. The molecule has 0 radical (unpaired) electrons. The zero-order chi connectivity index (χ0) is 9.76. The lowest BCUT2D eigenvalue weighted by molar-refractivity contribution is -0.158. The van der Waals surface area contributed by atoms with Gasteiger partial charge >= 0.3 is 5.97 Å². The fourth-order valence-corrected chi connectivity index (χ4v) is 2.14. The van der Waals surface area contributed by atoms with Gasteiger partial charge in [0.2, 0.25) is 5.60 Å². The van der Waals surface area contributed by atoms with Crippen LogP contribution >= 0.6 is 0 Å². The van der Waals surface area contributed by atoms with Crippen LogP contribution in [0.15, 0.2) is 36.4 Å². The van der Waals surface area contributed by atoms with Crippen LogP contribution in [0.3, 0.4) is 0 Å². The van der Waals surface area contributed by atoms with Gasteiger partial charge in [-0.25, -0.2) is 4.79 Å². The van der Waals surface area contributed by atoms with Crippen molar-refractivity contribution in [2.75, 3.05) is 0 Å². The molecule has 2 bridgehead atoms. The van der Waals surface area contributed by atoms with Crippen molar-refractivity contribution in [1.82, 2.24) is 0 Å². The molecule has 0 unspecified atom stereocenters. The van der Waals surface area contributed by atoms with Crippen molar-refractivity contribution in [1.29, 1.82) is 0 Å². The highest BCUT2D eigenvalue weighted by Crippen LogP contribution is 2.50. The van der Waals surface area contributed by atoms with E-state index in [-0.39, 0.29) is 6.10 Å². The van der Waals surface area contributed by atoms with Crippen molar-refractivity contribution < 1.29 is 14.6 Å². The Bertz CT molecular complexity index is 450. The zero-order valence-electron chi connectivity index (χ0n) is 7.31. The first-order valence-electron chi connectivity index (χ1n) is 4.44. The standard InChI is InChI=1S/C11H8O3/c12-10(13)11-6-5-9(14-11)7-3-1-2-4-8(7)11/h1-6,9H,(H,12,13)/t9-,11+/m0/s1. The van der Waals surface area contributed by atoms with Crippen LogP contribution in [0.25, 0.3) is 0 Å². The van der Waals surface area contributed by atoms with E-state index in [1.807, 2.05) is 24.3 Å². The molecule has 0 saturated carbocycles. The summed E-state index contributed by atoms with van der Waals surface area (Å²) < 4.78 is 5.48. The van der Waals surface area contributed by atoms with Crippen LogP contribution < -0.4 is 0 Å². The van der Waals surface area contributed by atoms with E-state index < -0.39 is 11.6 Å². The van der Waals surface area contributed by atoms with Crippen LogP contribution in [0, 0.1) is 0 Å². The highest BCUT2D eigenvalue weighted by atomic mass is 16.5. The Morgan fingerprint density at radius 3 is 3.00 bits per heavy atom. The lowest BCUT2D eigenvalue weighted by Crippen LogP contribution is -2.31. The summed E-state index contributed by atoms with van der Waals surface area (Å²) >= 11 is 0. The number of ether oxygens (including phenoxy) is 1. The molecular formula is C11H8O3. The fraction of sp³-hybridized carbons (Fsp3) is 0.182. The molecule has 0 aromatic heterocycles. The number of fused-ring (bicyclic) bond motifs is 5.